The molecule has 0 saturated carbocycles. The smallest absolute Gasteiger partial charge is 0.319 e. The van der Waals surface area contributed by atoms with Crippen molar-refractivity contribution in [1.29, 1.82) is 0 Å². The van der Waals surface area contributed by atoms with Gasteiger partial charge in [-0.2, -0.15) is 0 Å². The maximum absolute atomic E-state index is 11.8. The number of carbonyl (C=O) groups excluding carboxylic acids is 1. The topological polar surface area (TPSA) is 83.7 Å². The molecule has 0 spiro atoms. The normalized spacial score (nSPS) is 11.9. The number of nitrogens with one attached hydrogen (secondary N) is 2. The fourth-order valence-corrected chi connectivity index (χ4v) is 2.22. The van der Waals surface area contributed by atoms with Gasteiger partial charge in [0.25, 0.3) is 0 Å². The molecule has 0 bridgehead atoms. The van der Waals surface area contributed by atoms with E-state index < -0.39 is 6.10 Å². The van der Waals surface area contributed by atoms with Crippen LogP contribution in [0, 0.1) is 0 Å². The van der Waals surface area contributed by atoms with Crippen molar-refractivity contribution in [2.75, 3.05) is 11.9 Å². The maximum Gasteiger partial charge on any atom is 0.319 e. The largest absolute Gasteiger partial charge is 0.467 e. The van der Waals surface area contributed by atoms with Crippen LogP contribution in [0.3, 0.4) is 0 Å². The fraction of sp³-hybridized carbons (Fsp3) is 0.389. The van der Waals surface area contributed by atoms with Gasteiger partial charge in [0, 0.05) is 12.2 Å². The summed E-state index contributed by atoms with van der Waals surface area (Å²) in [5.41, 5.74) is 1.63. The Kier molecular flexibility index (Phi) is 7.32. The lowest BCUT2D eigenvalue weighted by molar-refractivity contribution is 0.0930. The van der Waals surface area contributed by atoms with Gasteiger partial charge in [0.1, 0.15) is 12.4 Å². The highest BCUT2D eigenvalue weighted by atomic mass is 16.5. The van der Waals surface area contributed by atoms with E-state index in [4.69, 9.17) is 9.15 Å². The molecule has 1 aromatic heterocycles. The van der Waals surface area contributed by atoms with Crippen molar-refractivity contribution in [3.05, 3.63) is 54.0 Å². The van der Waals surface area contributed by atoms with E-state index in [0.717, 1.165) is 17.7 Å². The predicted molar refractivity (Wildman–Crippen MR) is 91.6 cm³/mol. The molecule has 2 amide bonds. The van der Waals surface area contributed by atoms with Crippen LogP contribution in [-0.2, 0) is 18.0 Å². The fourth-order valence-electron chi connectivity index (χ4n) is 2.22. The molecule has 3 N–H and O–H groups in total. The number of benzene rings is 1. The standard InChI is InChI=1S/C18H24N2O4/c1-2-5-16(21)11-19-18(22)20-15-7-3-6-14(10-15)12-23-13-17-8-4-9-24-17/h3-4,6-10,16,21H,2,5,11-13H2,1H3,(H2,19,20,22). The second-order valence-electron chi connectivity index (χ2n) is 5.55. The van der Waals surface area contributed by atoms with E-state index in [9.17, 15) is 9.90 Å². The van der Waals surface area contributed by atoms with Crippen molar-refractivity contribution in [2.24, 2.45) is 0 Å². The molecule has 6 nitrogen and oxygen atoms in total. The Labute approximate surface area is 141 Å². The lowest BCUT2D eigenvalue weighted by Gasteiger charge is -2.12. The predicted octanol–water partition coefficient (Wildman–Crippen LogP) is 3.28. The van der Waals surface area contributed by atoms with E-state index in [-0.39, 0.29) is 12.6 Å². The van der Waals surface area contributed by atoms with Crippen molar-refractivity contribution >= 4 is 11.7 Å². The third kappa shape index (κ3) is 6.44. The molecule has 0 fully saturated rings. The van der Waals surface area contributed by atoms with Gasteiger partial charge in [0.2, 0.25) is 0 Å². The van der Waals surface area contributed by atoms with Crippen LogP contribution in [0.5, 0.6) is 0 Å². The minimum Gasteiger partial charge on any atom is -0.467 e. The van der Waals surface area contributed by atoms with Crippen molar-refractivity contribution in [2.45, 2.75) is 39.1 Å². The molecule has 130 valence electrons. The Morgan fingerprint density at radius 3 is 2.92 bits per heavy atom. The number of amides is 2. The summed E-state index contributed by atoms with van der Waals surface area (Å²) >= 11 is 0. The molecule has 1 heterocycles. The summed E-state index contributed by atoms with van der Waals surface area (Å²) in [5.74, 6) is 0.772. The molecule has 1 unspecified atom stereocenters. The van der Waals surface area contributed by atoms with Gasteiger partial charge in [0.05, 0.1) is 19.0 Å². The molecule has 0 aliphatic carbocycles. The van der Waals surface area contributed by atoms with E-state index in [1.165, 1.54) is 0 Å². The quantitative estimate of drug-likeness (QED) is 0.658. The zero-order valence-electron chi connectivity index (χ0n) is 13.8. The molecule has 0 radical (unpaired) electrons. The molecule has 0 saturated heterocycles. The van der Waals surface area contributed by atoms with E-state index in [1.54, 1.807) is 12.3 Å². The summed E-state index contributed by atoms with van der Waals surface area (Å²) in [7, 11) is 0. The third-order valence-electron chi connectivity index (χ3n) is 3.40. The van der Waals surface area contributed by atoms with E-state index in [2.05, 4.69) is 10.6 Å². The second kappa shape index (κ2) is 9.75. The molecule has 6 heteroatoms. The number of anilines is 1. The SMILES string of the molecule is CCCC(O)CNC(=O)Nc1cccc(COCc2ccco2)c1. The zero-order valence-corrected chi connectivity index (χ0v) is 13.8. The summed E-state index contributed by atoms with van der Waals surface area (Å²) in [6.45, 7) is 3.06. The summed E-state index contributed by atoms with van der Waals surface area (Å²) in [5, 5.41) is 15.0. The molecule has 2 aromatic rings. The molecule has 24 heavy (non-hydrogen) atoms. The number of aliphatic hydroxyl groups is 1. The Morgan fingerprint density at radius 1 is 1.29 bits per heavy atom. The summed E-state index contributed by atoms with van der Waals surface area (Å²) in [6.07, 6.45) is 2.65. The Bertz CT molecular complexity index is 613. The number of hydrogen-bond donors (Lipinski definition) is 3. The molecule has 0 aliphatic rings. The van der Waals surface area contributed by atoms with Gasteiger partial charge < -0.3 is 24.9 Å². The van der Waals surface area contributed by atoms with Crippen LogP contribution in [0.4, 0.5) is 10.5 Å². The summed E-state index contributed by atoms with van der Waals surface area (Å²) in [4.78, 5) is 11.8. The van der Waals surface area contributed by atoms with Crippen LogP contribution in [0.1, 0.15) is 31.1 Å². The van der Waals surface area contributed by atoms with Gasteiger partial charge in [-0.05, 0) is 36.2 Å². The van der Waals surface area contributed by atoms with Crippen molar-refractivity contribution in [1.82, 2.24) is 5.32 Å². The van der Waals surface area contributed by atoms with Crippen LogP contribution in [0.25, 0.3) is 0 Å². The van der Waals surface area contributed by atoms with Crippen LogP contribution in [-0.4, -0.2) is 23.8 Å². The second-order valence-corrected chi connectivity index (χ2v) is 5.55. The summed E-state index contributed by atoms with van der Waals surface area (Å²) < 4.78 is 10.8. The highest BCUT2D eigenvalue weighted by Crippen LogP contribution is 2.12. The lowest BCUT2D eigenvalue weighted by atomic mass is 10.2. The summed E-state index contributed by atoms with van der Waals surface area (Å²) in [6, 6.07) is 10.8. The Balaban J connectivity index is 1.76. The first-order valence-corrected chi connectivity index (χ1v) is 8.09. The van der Waals surface area contributed by atoms with Gasteiger partial charge in [-0.25, -0.2) is 4.79 Å². The van der Waals surface area contributed by atoms with E-state index >= 15 is 0 Å². The van der Waals surface area contributed by atoms with Crippen LogP contribution >= 0.6 is 0 Å². The zero-order chi connectivity index (χ0) is 17.2. The van der Waals surface area contributed by atoms with E-state index in [0.29, 0.717) is 25.3 Å². The van der Waals surface area contributed by atoms with Gasteiger partial charge >= 0.3 is 6.03 Å². The molecular weight excluding hydrogens is 308 g/mol. The minimum absolute atomic E-state index is 0.242. The number of furan rings is 1. The van der Waals surface area contributed by atoms with Crippen LogP contribution in [0.2, 0.25) is 0 Å². The highest BCUT2D eigenvalue weighted by molar-refractivity contribution is 5.89. The first-order valence-electron chi connectivity index (χ1n) is 8.09. The average Bonchev–Trinajstić information content (AvgIpc) is 3.07. The van der Waals surface area contributed by atoms with Crippen molar-refractivity contribution in [3.63, 3.8) is 0 Å². The molecule has 0 aliphatic heterocycles. The van der Waals surface area contributed by atoms with Gasteiger partial charge in [-0.1, -0.05) is 25.5 Å². The van der Waals surface area contributed by atoms with Crippen LogP contribution in [0.15, 0.2) is 47.1 Å². The van der Waals surface area contributed by atoms with Crippen molar-refractivity contribution in [3.8, 4) is 0 Å². The van der Waals surface area contributed by atoms with Crippen molar-refractivity contribution < 1.29 is 19.1 Å². The molecule has 1 aromatic carbocycles. The molecule has 2 rings (SSSR count). The number of carbonyl (C=O) groups is 1. The number of hydrogen-bond acceptors (Lipinski definition) is 4. The number of ether oxygens (including phenoxy) is 1. The average molecular weight is 332 g/mol. The number of rotatable bonds is 9. The van der Waals surface area contributed by atoms with Gasteiger partial charge in [0.15, 0.2) is 0 Å². The van der Waals surface area contributed by atoms with Crippen LogP contribution < -0.4 is 10.6 Å². The molecular formula is C18H24N2O4. The monoisotopic (exact) mass is 332 g/mol. The number of urea groups is 1. The Morgan fingerprint density at radius 2 is 2.17 bits per heavy atom. The maximum atomic E-state index is 11.8. The number of aliphatic hydroxyl groups excluding tert-OH is 1. The van der Waals surface area contributed by atoms with Gasteiger partial charge in [-0.15, -0.1) is 0 Å². The van der Waals surface area contributed by atoms with E-state index in [1.807, 2.05) is 37.3 Å². The third-order valence-corrected chi connectivity index (χ3v) is 3.40. The first-order chi connectivity index (χ1) is 11.7. The molecule has 1 atom stereocenters. The highest BCUT2D eigenvalue weighted by Gasteiger charge is 2.06. The minimum atomic E-state index is -0.512. The Hall–Kier alpha value is -2.31. The first kappa shape index (κ1) is 18.0. The lowest BCUT2D eigenvalue weighted by Crippen LogP contribution is -2.35. The van der Waals surface area contributed by atoms with Gasteiger partial charge in [-0.3, -0.25) is 0 Å².